The molecule has 2 heterocycles. The van der Waals surface area contributed by atoms with Gasteiger partial charge in [0, 0.05) is 17.8 Å². The van der Waals surface area contributed by atoms with Gasteiger partial charge in [0.05, 0.1) is 0 Å². The topological polar surface area (TPSA) is 28.7 Å². The molecule has 2 rings (SSSR count). The van der Waals surface area contributed by atoms with Crippen LogP contribution in [0, 0.1) is 0 Å². The Bertz CT molecular complexity index is 281. The van der Waals surface area contributed by atoms with E-state index in [-0.39, 0.29) is 0 Å². The Kier molecular flexibility index (Phi) is 0.803. The number of pyridine rings is 1. The molecule has 44 valence electrons. The van der Waals surface area contributed by atoms with Crippen LogP contribution in [0.25, 0.3) is 11.0 Å². The maximum atomic E-state index is 4.09. The Labute approximate surface area is 52.5 Å². The molecular weight excluding hydrogens is 113 g/mol. The fourth-order valence-corrected chi connectivity index (χ4v) is 0.883. The number of nitrogens with one attached hydrogen (secondary N) is 1. The van der Waals surface area contributed by atoms with E-state index in [4.69, 9.17) is 0 Å². The first kappa shape index (κ1) is 4.56. The highest BCUT2D eigenvalue weighted by Gasteiger charge is 1.88. The molecule has 0 radical (unpaired) electrons. The van der Waals surface area contributed by atoms with E-state index in [1.807, 2.05) is 24.4 Å². The van der Waals surface area contributed by atoms with Crippen molar-refractivity contribution in [3.63, 3.8) is 0 Å². The molecule has 0 aromatic carbocycles. The van der Waals surface area contributed by atoms with Crippen LogP contribution in [0.15, 0.2) is 30.6 Å². The van der Waals surface area contributed by atoms with Crippen molar-refractivity contribution in [3.05, 3.63) is 30.6 Å². The third kappa shape index (κ3) is 0.598. The van der Waals surface area contributed by atoms with Gasteiger partial charge in [-0.3, -0.25) is 0 Å². The third-order valence-corrected chi connectivity index (χ3v) is 1.32. The van der Waals surface area contributed by atoms with Crippen LogP contribution in [-0.4, -0.2) is 9.97 Å². The zero-order chi connectivity index (χ0) is 6.10. The number of fused-ring (bicyclic) bond motifs is 1. The molecule has 2 nitrogen and oxygen atoms in total. The number of hydrogen-bond acceptors (Lipinski definition) is 1. The molecular formula is C7H6N2. The van der Waals surface area contributed by atoms with E-state index in [1.165, 1.54) is 0 Å². The summed E-state index contributed by atoms with van der Waals surface area (Å²) >= 11 is 0. The predicted molar refractivity (Wildman–Crippen MR) is 36.1 cm³/mol. The minimum absolute atomic E-state index is 0.956. The molecule has 0 amide bonds. The third-order valence-electron chi connectivity index (χ3n) is 1.32. The second kappa shape index (κ2) is 1.58. The van der Waals surface area contributed by atoms with Gasteiger partial charge in [-0.1, -0.05) is 0 Å². The van der Waals surface area contributed by atoms with Gasteiger partial charge in [-0.2, -0.15) is 0 Å². The summed E-state index contributed by atoms with van der Waals surface area (Å²) in [7, 11) is 0. The number of rotatable bonds is 0. The Morgan fingerprint density at radius 3 is 3.22 bits per heavy atom. The number of H-pyrrole nitrogens is 1. The van der Waals surface area contributed by atoms with Gasteiger partial charge in [0.1, 0.15) is 5.65 Å². The van der Waals surface area contributed by atoms with Crippen LogP contribution in [0.5, 0.6) is 0 Å². The van der Waals surface area contributed by atoms with Gasteiger partial charge < -0.3 is 4.98 Å². The van der Waals surface area contributed by atoms with Crippen molar-refractivity contribution in [2.75, 3.05) is 0 Å². The van der Waals surface area contributed by atoms with Crippen molar-refractivity contribution in [2.24, 2.45) is 0 Å². The molecule has 0 saturated carbocycles. The van der Waals surface area contributed by atoms with Gasteiger partial charge in [0.15, 0.2) is 0 Å². The number of aromatic nitrogens is 2. The van der Waals surface area contributed by atoms with E-state index in [0.717, 1.165) is 11.0 Å². The van der Waals surface area contributed by atoms with Crippen molar-refractivity contribution >= 4 is 11.0 Å². The highest BCUT2D eigenvalue weighted by molar-refractivity contribution is 5.74. The van der Waals surface area contributed by atoms with Gasteiger partial charge in [-0.25, -0.2) is 4.98 Å². The maximum absolute atomic E-state index is 4.09. The van der Waals surface area contributed by atoms with Crippen LogP contribution < -0.4 is 0 Å². The monoisotopic (exact) mass is 119 g/mol. The molecule has 0 fully saturated rings. The smallest absolute Gasteiger partial charge is 0.137 e. The molecule has 0 aliphatic rings. The van der Waals surface area contributed by atoms with E-state index in [9.17, 15) is 0 Å². The van der Waals surface area contributed by atoms with Crippen LogP contribution in [-0.2, 0) is 0 Å². The van der Waals surface area contributed by atoms with Gasteiger partial charge in [-0.05, 0) is 18.2 Å². The first-order valence-corrected chi connectivity index (χ1v) is 2.85. The highest BCUT2D eigenvalue weighted by atomic mass is 15.5. The quantitative estimate of drug-likeness (QED) is 0.560. The first-order chi connectivity index (χ1) is 4.47. The lowest BCUT2D eigenvalue weighted by molar-refractivity contribution is 1.33. The van der Waals surface area contributed by atoms with E-state index < -0.39 is 0 Å². The predicted octanol–water partition coefficient (Wildman–Crippen LogP) is 1.56. The second-order valence-electron chi connectivity index (χ2n) is 1.92. The zero-order valence-electron chi connectivity index (χ0n) is 4.83. The van der Waals surface area contributed by atoms with Crippen LogP contribution in [0.4, 0.5) is 0 Å². The van der Waals surface area contributed by atoms with E-state index in [0.29, 0.717) is 0 Å². The first-order valence-electron chi connectivity index (χ1n) is 2.85. The normalized spacial score (nSPS) is 10.2. The molecule has 0 saturated heterocycles. The Morgan fingerprint density at radius 2 is 2.33 bits per heavy atom. The standard InChI is InChI=1S/C7H6N2/c1-2-6-3-5-9-7(6)8-4-1/h1-5H,(H,8,9)/i8+1. The van der Waals surface area contributed by atoms with Gasteiger partial charge in [0.2, 0.25) is 0 Å². The van der Waals surface area contributed by atoms with E-state index in [1.54, 1.807) is 6.20 Å². The average Bonchev–Trinajstić information content (AvgIpc) is 2.33. The Balaban J connectivity index is 2.95. The zero-order valence-corrected chi connectivity index (χ0v) is 4.83. The Morgan fingerprint density at radius 1 is 1.33 bits per heavy atom. The average molecular weight is 119 g/mol. The highest BCUT2D eigenvalue weighted by Crippen LogP contribution is 2.05. The minimum atomic E-state index is 0.956. The minimum Gasteiger partial charge on any atom is -0.346 e. The molecule has 2 aromatic rings. The molecule has 0 aliphatic heterocycles. The molecule has 2 aromatic heterocycles. The van der Waals surface area contributed by atoms with E-state index in [2.05, 4.69) is 9.97 Å². The SMILES string of the molecule is c1c[15n]c2[nH]ccc2c1. The summed E-state index contributed by atoms with van der Waals surface area (Å²) in [6, 6.07) is 5.96. The lowest BCUT2D eigenvalue weighted by atomic mass is 10.4. The summed E-state index contributed by atoms with van der Waals surface area (Å²) in [4.78, 5) is 7.09. The fraction of sp³-hybridized carbons (Fsp3) is 0. The van der Waals surface area contributed by atoms with Crippen LogP contribution in [0.2, 0.25) is 0 Å². The van der Waals surface area contributed by atoms with Crippen molar-refractivity contribution < 1.29 is 0 Å². The summed E-state index contributed by atoms with van der Waals surface area (Å²) < 4.78 is 0. The van der Waals surface area contributed by atoms with Gasteiger partial charge >= 0.3 is 0 Å². The lowest BCUT2D eigenvalue weighted by Crippen LogP contribution is -1.70. The summed E-state index contributed by atoms with van der Waals surface area (Å²) in [6.45, 7) is 0. The number of aromatic amines is 1. The molecule has 0 atom stereocenters. The van der Waals surface area contributed by atoms with Crippen LogP contribution in [0.1, 0.15) is 0 Å². The molecule has 2 heteroatoms. The molecule has 0 spiro atoms. The second-order valence-corrected chi connectivity index (χ2v) is 1.92. The largest absolute Gasteiger partial charge is 0.346 e. The van der Waals surface area contributed by atoms with Gasteiger partial charge in [0.25, 0.3) is 0 Å². The van der Waals surface area contributed by atoms with Crippen molar-refractivity contribution in [1.29, 1.82) is 0 Å². The summed E-state index contributed by atoms with van der Waals surface area (Å²) in [5, 5.41) is 1.16. The number of hydrogen-bond donors (Lipinski definition) is 1. The number of nitrogens with zero attached hydrogens (tertiary/aromatic N) is 1. The molecule has 0 unspecified atom stereocenters. The van der Waals surface area contributed by atoms with Crippen LogP contribution in [0.3, 0.4) is 0 Å². The maximum Gasteiger partial charge on any atom is 0.137 e. The summed E-state index contributed by atoms with van der Waals surface area (Å²) in [5.74, 6) is 0. The van der Waals surface area contributed by atoms with Gasteiger partial charge in [-0.15, -0.1) is 0 Å². The van der Waals surface area contributed by atoms with Crippen LogP contribution >= 0.6 is 0 Å². The van der Waals surface area contributed by atoms with E-state index >= 15 is 0 Å². The van der Waals surface area contributed by atoms with Crippen molar-refractivity contribution in [1.82, 2.24) is 9.97 Å². The molecule has 0 bridgehead atoms. The Hall–Kier alpha value is -1.31. The summed E-state index contributed by atoms with van der Waals surface area (Å²) in [6.07, 6.45) is 3.66. The fourth-order valence-electron chi connectivity index (χ4n) is 0.883. The molecule has 0 aliphatic carbocycles. The molecule has 9 heavy (non-hydrogen) atoms. The van der Waals surface area contributed by atoms with Crippen molar-refractivity contribution in [2.45, 2.75) is 0 Å². The summed E-state index contributed by atoms with van der Waals surface area (Å²) in [5.41, 5.74) is 0.956. The van der Waals surface area contributed by atoms with Crippen molar-refractivity contribution in [3.8, 4) is 0 Å². The molecule has 1 N–H and O–H groups in total. The lowest BCUT2D eigenvalue weighted by Gasteiger charge is -1.82.